The van der Waals surface area contributed by atoms with Crippen LogP contribution in [0.4, 0.5) is 19.1 Å². The molecule has 1 fully saturated rings. The van der Waals surface area contributed by atoms with Crippen molar-refractivity contribution in [3.8, 4) is 0 Å². The Morgan fingerprint density at radius 3 is 2.89 bits per heavy atom. The number of aromatic nitrogens is 2. The summed E-state index contributed by atoms with van der Waals surface area (Å²) in [7, 11) is 0. The van der Waals surface area contributed by atoms with Gasteiger partial charge in [0.25, 0.3) is 0 Å². The van der Waals surface area contributed by atoms with E-state index < -0.39 is 11.7 Å². The van der Waals surface area contributed by atoms with Gasteiger partial charge in [-0.1, -0.05) is 12.1 Å². The first kappa shape index (κ1) is 19.1. The van der Waals surface area contributed by atoms with E-state index in [4.69, 9.17) is 0 Å². The Kier molecular flexibility index (Phi) is 5.62. The minimum Gasteiger partial charge on any atom is -0.352 e. The van der Waals surface area contributed by atoms with Crippen LogP contribution < -0.4 is 10.2 Å². The molecular formula is C19H21F3N4O. The number of aryl methyl sites for hydroxylation is 1. The second-order valence-electron chi connectivity index (χ2n) is 6.70. The average molecular weight is 378 g/mol. The molecular weight excluding hydrogens is 357 g/mol. The summed E-state index contributed by atoms with van der Waals surface area (Å²) in [4.78, 5) is 23.1. The Bertz CT molecular complexity index is 810. The maximum absolute atomic E-state index is 12.8. The largest absolute Gasteiger partial charge is 0.416 e. The van der Waals surface area contributed by atoms with Gasteiger partial charge in [0.1, 0.15) is 0 Å². The number of alkyl halides is 3. The number of hydrogen-bond acceptors (Lipinski definition) is 4. The lowest BCUT2D eigenvalue weighted by atomic mass is 9.97. The first-order valence-electron chi connectivity index (χ1n) is 8.81. The summed E-state index contributed by atoms with van der Waals surface area (Å²) in [5.74, 6) is 0.198. The van der Waals surface area contributed by atoms with Gasteiger partial charge >= 0.3 is 6.18 Å². The number of amides is 1. The minimum absolute atomic E-state index is 0.0696. The summed E-state index contributed by atoms with van der Waals surface area (Å²) in [6.07, 6.45) is -1.14. The van der Waals surface area contributed by atoms with Crippen LogP contribution in [0.5, 0.6) is 0 Å². The molecule has 2 heterocycles. The van der Waals surface area contributed by atoms with Crippen LogP contribution in [0.2, 0.25) is 0 Å². The van der Waals surface area contributed by atoms with Crippen molar-refractivity contribution in [2.75, 3.05) is 18.0 Å². The summed E-state index contributed by atoms with van der Waals surface area (Å²) < 4.78 is 38.4. The molecule has 2 aromatic rings. The predicted octanol–water partition coefficient (Wildman–Crippen LogP) is 3.34. The molecule has 0 aliphatic carbocycles. The highest BCUT2D eigenvalue weighted by Gasteiger charge is 2.30. The minimum atomic E-state index is -4.39. The first-order valence-corrected chi connectivity index (χ1v) is 8.81. The van der Waals surface area contributed by atoms with Gasteiger partial charge in [-0.2, -0.15) is 13.2 Å². The Morgan fingerprint density at radius 1 is 1.33 bits per heavy atom. The summed E-state index contributed by atoms with van der Waals surface area (Å²) in [5, 5.41) is 2.76. The van der Waals surface area contributed by atoms with E-state index in [9.17, 15) is 18.0 Å². The molecule has 144 valence electrons. The SMILES string of the molecule is Cc1ccnc(N2CCCC(C(=O)NCc3cccc(C(F)(F)F)c3)C2)n1. The molecule has 1 aliphatic heterocycles. The van der Waals surface area contributed by atoms with Crippen molar-refractivity contribution < 1.29 is 18.0 Å². The number of piperidine rings is 1. The molecule has 1 atom stereocenters. The van der Waals surface area contributed by atoms with Gasteiger partial charge in [0.05, 0.1) is 11.5 Å². The number of benzene rings is 1. The van der Waals surface area contributed by atoms with Crippen molar-refractivity contribution >= 4 is 11.9 Å². The molecule has 0 radical (unpaired) electrons. The van der Waals surface area contributed by atoms with Gasteiger partial charge in [-0.25, -0.2) is 9.97 Å². The second-order valence-corrected chi connectivity index (χ2v) is 6.70. The zero-order valence-electron chi connectivity index (χ0n) is 15.0. The van der Waals surface area contributed by atoms with Crippen molar-refractivity contribution in [2.24, 2.45) is 5.92 Å². The van der Waals surface area contributed by atoms with E-state index in [0.29, 0.717) is 18.1 Å². The fraction of sp³-hybridized carbons (Fsp3) is 0.421. The summed E-state index contributed by atoms with van der Waals surface area (Å²) in [6, 6.07) is 6.82. The normalized spacial score (nSPS) is 17.6. The highest BCUT2D eigenvalue weighted by atomic mass is 19.4. The number of carbonyl (C=O) groups is 1. The number of rotatable bonds is 4. The van der Waals surface area contributed by atoms with Crippen LogP contribution in [-0.4, -0.2) is 29.0 Å². The highest BCUT2D eigenvalue weighted by Crippen LogP contribution is 2.29. The Morgan fingerprint density at radius 2 is 2.15 bits per heavy atom. The average Bonchev–Trinajstić information content (AvgIpc) is 2.66. The number of halogens is 3. The van der Waals surface area contributed by atoms with Crippen LogP contribution in [0.15, 0.2) is 36.5 Å². The number of nitrogens with zero attached hydrogens (tertiary/aromatic N) is 3. The van der Waals surface area contributed by atoms with Crippen molar-refractivity contribution in [2.45, 2.75) is 32.5 Å². The van der Waals surface area contributed by atoms with E-state index in [0.717, 1.165) is 37.2 Å². The number of nitrogens with one attached hydrogen (secondary N) is 1. The molecule has 8 heteroatoms. The Labute approximate surface area is 155 Å². The van der Waals surface area contributed by atoms with Crippen molar-refractivity contribution in [3.63, 3.8) is 0 Å². The van der Waals surface area contributed by atoms with Gasteiger partial charge in [-0.3, -0.25) is 4.79 Å². The third kappa shape index (κ3) is 4.96. The lowest BCUT2D eigenvalue weighted by molar-refractivity contribution is -0.137. The molecule has 1 aromatic heterocycles. The van der Waals surface area contributed by atoms with E-state index >= 15 is 0 Å². The van der Waals surface area contributed by atoms with Gasteiger partial charge in [-0.05, 0) is 43.5 Å². The number of anilines is 1. The van der Waals surface area contributed by atoms with Gasteiger partial charge < -0.3 is 10.2 Å². The maximum atomic E-state index is 12.8. The second kappa shape index (κ2) is 7.94. The lowest BCUT2D eigenvalue weighted by Crippen LogP contribution is -2.43. The molecule has 3 rings (SSSR count). The van der Waals surface area contributed by atoms with Crippen LogP contribution in [-0.2, 0) is 17.5 Å². The molecule has 1 amide bonds. The Hall–Kier alpha value is -2.64. The van der Waals surface area contributed by atoms with Crippen LogP contribution in [0, 0.1) is 12.8 Å². The molecule has 5 nitrogen and oxygen atoms in total. The van der Waals surface area contributed by atoms with Gasteiger partial charge in [-0.15, -0.1) is 0 Å². The standard InChI is InChI=1S/C19H21F3N4O/c1-13-7-8-23-18(25-13)26-9-3-5-15(12-26)17(27)24-11-14-4-2-6-16(10-14)19(20,21)22/h2,4,6-8,10,15H,3,5,9,11-12H2,1H3,(H,24,27). The topological polar surface area (TPSA) is 58.1 Å². The first-order chi connectivity index (χ1) is 12.8. The van der Waals surface area contributed by atoms with E-state index in [1.807, 2.05) is 17.9 Å². The van der Waals surface area contributed by atoms with Crippen LogP contribution in [0.25, 0.3) is 0 Å². The molecule has 1 N–H and O–H groups in total. The third-order valence-electron chi connectivity index (χ3n) is 4.58. The molecule has 1 aliphatic rings. The van der Waals surface area contributed by atoms with Crippen LogP contribution >= 0.6 is 0 Å². The molecule has 0 spiro atoms. The fourth-order valence-corrected chi connectivity index (χ4v) is 3.15. The van der Waals surface area contributed by atoms with Crippen LogP contribution in [0.3, 0.4) is 0 Å². The lowest BCUT2D eigenvalue weighted by Gasteiger charge is -2.32. The van der Waals surface area contributed by atoms with E-state index in [1.165, 1.54) is 6.07 Å². The maximum Gasteiger partial charge on any atom is 0.416 e. The quantitative estimate of drug-likeness (QED) is 0.887. The number of hydrogen-bond donors (Lipinski definition) is 1. The molecule has 27 heavy (non-hydrogen) atoms. The van der Waals surface area contributed by atoms with E-state index in [1.54, 1.807) is 12.3 Å². The summed E-state index contributed by atoms with van der Waals surface area (Å²) in [6.45, 7) is 3.23. The predicted molar refractivity (Wildman–Crippen MR) is 95.0 cm³/mol. The van der Waals surface area contributed by atoms with Gasteiger partial charge in [0.15, 0.2) is 0 Å². The van der Waals surface area contributed by atoms with Crippen LogP contribution in [0.1, 0.15) is 29.7 Å². The summed E-state index contributed by atoms with van der Waals surface area (Å²) in [5.41, 5.74) is 0.568. The van der Waals surface area contributed by atoms with Crippen molar-refractivity contribution in [1.82, 2.24) is 15.3 Å². The highest BCUT2D eigenvalue weighted by molar-refractivity contribution is 5.79. The van der Waals surface area contributed by atoms with Gasteiger partial charge in [0, 0.05) is 31.5 Å². The smallest absolute Gasteiger partial charge is 0.352 e. The van der Waals surface area contributed by atoms with Gasteiger partial charge in [0.2, 0.25) is 11.9 Å². The zero-order chi connectivity index (χ0) is 19.4. The summed E-state index contributed by atoms with van der Waals surface area (Å²) >= 11 is 0. The molecule has 0 bridgehead atoms. The monoisotopic (exact) mass is 378 g/mol. The molecule has 1 saturated heterocycles. The Balaban J connectivity index is 1.59. The number of carbonyl (C=O) groups excluding carboxylic acids is 1. The van der Waals surface area contributed by atoms with Crippen molar-refractivity contribution in [3.05, 3.63) is 53.3 Å². The fourth-order valence-electron chi connectivity index (χ4n) is 3.15. The molecule has 0 saturated carbocycles. The van der Waals surface area contributed by atoms with E-state index in [-0.39, 0.29) is 18.4 Å². The van der Waals surface area contributed by atoms with E-state index in [2.05, 4.69) is 15.3 Å². The third-order valence-corrected chi connectivity index (χ3v) is 4.58. The zero-order valence-corrected chi connectivity index (χ0v) is 15.0. The molecule has 1 unspecified atom stereocenters. The molecule has 1 aromatic carbocycles. The van der Waals surface area contributed by atoms with Crippen molar-refractivity contribution in [1.29, 1.82) is 0 Å².